The van der Waals surface area contributed by atoms with E-state index >= 15 is 4.39 Å². The predicted octanol–water partition coefficient (Wildman–Crippen LogP) is 6.80. The van der Waals surface area contributed by atoms with Crippen LogP contribution in [0, 0.1) is 0 Å². The van der Waals surface area contributed by atoms with Crippen LogP contribution >= 0.6 is 23.1 Å². The molecule has 0 saturated carbocycles. The lowest BCUT2D eigenvalue weighted by Gasteiger charge is -2.10. The molecule has 5 heteroatoms. The van der Waals surface area contributed by atoms with Gasteiger partial charge in [0.1, 0.15) is 4.88 Å². The number of thiophene rings is 1. The first-order valence-corrected chi connectivity index (χ1v) is 11.0. The fourth-order valence-electron chi connectivity index (χ4n) is 2.67. The van der Waals surface area contributed by atoms with E-state index in [0.29, 0.717) is 29.2 Å². The number of hydrogen-bond acceptors (Lipinski definition) is 4. The lowest BCUT2D eigenvalue weighted by atomic mass is 9.99. The second-order valence-electron chi connectivity index (χ2n) is 6.05. The second kappa shape index (κ2) is 10.8. The second-order valence-corrected chi connectivity index (χ2v) is 8.05. The number of benzene rings is 2. The van der Waals surface area contributed by atoms with Crippen molar-refractivity contribution in [2.45, 2.75) is 12.8 Å². The highest BCUT2D eigenvalue weighted by atomic mass is 32.2. The minimum Gasteiger partial charge on any atom is -0.462 e. The summed E-state index contributed by atoms with van der Waals surface area (Å²) in [6.45, 7) is 0.354. The normalized spacial score (nSPS) is 10.5. The Morgan fingerprint density at radius 2 is 1.54 bits per heavy atom. The van der Waals surface area contributed by atoms with E-state index in [2.05, 4.69) is 0 Å². The lowest BCUT2D eigenvalue weighted by Crippen LogP contribution is -2.04. The summed E-state index contributed by atoms with van der Waals surface area (Å²) in [5, 5.41) is 1.66. The molecule has 0 atom stereocenters. The van der Waals surface area contributed by atoms with Crippen molar-refractivity contribution in [1.29, 1.82) is 0 Å². The van der Waals surface area contributed by atoms with E-state index in [1.165, 1.54) is 23.1 Å². The number of thioether (sulfide) groups is 1. The Labute approximate surface area is 173 Å². The molecule has 2 aromatic carbocycles. The molecule has 0 spiro atoms. The van der Waals surface area contributed by atoms with Crippen LogP contribution in [0.2, 0.25) is 0 Å². The highest BCUT2D eigenvalue weighted by Gasteiger charge is 2.12. The number of hydrogen-bond donors (Lipinski definition) is 0. The maximum Gasteiger partial charge on any atom is 0.348 e. The summed E-state index contributed by atoms with van der Waals surface area (Å²) in [6, 6.07) is 22.8. The monoisotopic (exact) mass is 412 g/mol. The van der Waals surface area contributed by atoms with Crippen LogP contribution in [0.15, 0.2) is 83.3 Å². The number of unbranched alkanes of at least 4 members (excludes halogenated alkanes) is 1. The molecule has 144 valence electrons. The largest absolute Gasteiger partial charge is 0.462 e. The zero-order chi connectivity index (χ0) is 19.6. The molecule has 0 radical (unpaired) electrons. The van der Waals surface area contributed by atoms with Crippen LogP contribution < -0.4 is 0 Å². The molecule has 0 aliphatic carbocycles. The zero-order valence-corrected chi connectivity index (χ0v) is 17.0. The van der Waals surface area contributed by atoms with E-state index < -0.39 is 0 Å². The third-order valence-electron chi connectivity index (χ3n) is 4.04. The lowest BCUT2D eigenvalue weighted by molar-refractivity contribution is 0.0506. The minimum absolute atomic E-state index is 0.187. The van der Waals surface area contributed by atoms with Crippen LogP contribution in [-0.2, 0) is 4.74 Å². The molecule has 3 aromatic rings. The molecule has 0 aliphatic rings. The van der Waals surface area contributed by atoms with Crippen molar-refractivity contribution < 1.29 is 13.9 Å². The topological polar surface area (TPSA) is 26.3 Å². The Morgan fingerprint density at radius 3 is 2.11 bits per heavy atom. The summed E-state index contributed by atoms with van der Waals surface area (Å²) in [4.78, 5) is 12.4. The number of halogens is 1. The van der Waals surface area contributed by atoms with Gasteiger partial charge in [0.05, 0.1) is 6.61 Å². The van der Waals surface area contributed by atoms with E-state index in [1.807, 2.05) is 72.1 Å². The molecule has 0 bridgehead atoms. The summed E-state index contributed by atoms with van der Waals surface area (Å²) in [5.41, 5.74) is 2.35. The molecule has 1 heterocycles. The summed E-state index contributed by atoms with van der Waals surface area (Å²) in [6.07, 6.45) is 1.48. The maximum atomic E-state index is 15.0. The first kappa shape index (κ1) is 20.4. The van der Waals surface area contributed by atoms with Crippen molar-refractivity contribution >= 4 is 34.6 Å². The summed E-state index contributed by atoms with van der Waals surface area (Å²) in [5.74, 6) is 0.343. The fraction of sp³-hybridized carbons (Fsp3) is 0.174. The molecule has 0 aliphatic heterocycles. The van der Waals surface area contributed by atoms with Gasteiger partial charge >= 0.3 is 5.97 Å². The van der Waals surface area contributed by atoms with Gasteiger partial charge in [-0.25, -0.2) is 4.79 Å². The van der Waals surface area contributed by atoms with Crippen LogP contribution in [0.3, 0.4) is 0 Å². The summed E-state index contributed by atoms with van der Waals surface area (Å²) < 4.78 is 20.3. The van der Waals surface area contributed by atoms with Gasteiger partial charge in [0.15, 0.2) is 5.16 Å². The van der Waals surface area contributed by atoms with Gasteiger partial charge in [0, 0.05) is 11.3 Å². The maximum absolute atomic E-state index is 15.0. The Morgan fingerprint density at radius 1 is 0.893 bits per heavy atom. The molecule has 0 saturated heterocycles. The third kappa shape index (κ3) is 5.81. The van der Waals surface area contributed by atoms with Crippen molar-refractivity contribution in [3.63, 3.8) is 0 Å². The number of esters is 1. The molecule has 0 N–H and O–H groups in total. The third-order valence-corrected chi connectivity index (χ3v) is 5.84. The highest BCUT2D eigenvalue weighted by Crippen LogP contribution is 2.33. The van der Waals surface area contributed by atoms with Crippen molar-refractivity contribution in [3.05, 3.63) is 99.3 Å². The molecular formula is C23H21FO2S2. The zero-order valence-electron chi connectivity index (χ0n) is 15.3. The Bertz CT molecular complexity index is 849. The first-order valence-electron chi connectivity index (χ1n) is 9.10. The van der Waals surface area contributed by atoms with Gasteiger partial charge < -0.3 is 4.74 Å². The average molecular weight is 413 g/mol. The predicted molar refractivity (Wildman–Crippen MR) is 116 cm³/mol. The molecule has 0 amide bonds. The average Bonchev–Trinajstić information content (AvgIpc) is 3.27. The van der Waals surface area contributed by atoms with Crippen LogP contribution in [0.4, 0.5) is 4.39 Å². The van der Waals surface area contributed by atoms with Crippen LogP contribution in [0.25, 0.3) is 5.57 Å². The van der Waals surface area contributed by atoms with Crippen LogP contribution in [0.5, 0.6) is 0 Å². The van der Waals surface area contributed by atoms with Gasteiger partial charge in [-0.3, -0.25) is 0 Å². The highest BCUT2D eigenvalue weighted by molar-refractivity contribution is 8.03. The van der Waals surface area contributed by atoms with Crippen LogP contribution in [0.1, 0.15) is 33.6 Å². The van der Waals surface area contributed by atoms with Crippen molar-refractivity contribution in [3.8, 4) is 0 Å². The molecular weight excluding hydrogens is 391 g/mol. The van der Waals surface area contributed by atoms with E-state index in [4.69, 9.17) is 4.74 Å². The van der Waals surface area contributed by atoms with Crippen molar-refractivity contribution in [2.75, 3.05) is 12.4 Å². The molecule has 1 aromatic heterocycles. The first-order chi connectivity index (χ1) is 13.8. The van der Waals surface area contributed by atoms with E-state index in [1.54, 1.807) is 6.07 Å². The molecule has 28 heavy (non-hydrogen) atoms. The quantitative estimate of drug-likeness (QED) is 0.285. The van der Waals surface area contributed by atoms with Gasteiger partial charge in [-0.05, 0) is 35.4 Å². The van der Waals surface area contributed by atoms with Crippen molar-refractivity contribution in [1.82, 2.24) is 0 Å². The molecule has 0 unspecified atom stereocenters. The number of rotatable bonds is 9. The molecule has 2 nitrogen and oxygen atoms in total. The van der Waals surface area contributed by atoms with Crippen molar-refractivity contribution in [2.24, 2.45) is 0 Å². The summed E-state index contributed by atoms with van der Waals surface area (Å²) >= 11 is 2.57. The SMILES string of the molecule is O=C(OCCCCSC(F)=C(c1ccccc1)c1ccccc1)c1cccs1. The minimum atomic E-state index is -0.288. The Kier molecular flexibility index (Phi) is 7.88. The van der Waals surface area contributed by atoms with Gasteiger partial charge in [-0.1, -0.05) is 78.5 Å². The number of carbonyl (C=O) groups excluding carboxylic acids is 1. The van der Waals surface area contributed by atoms with E-state index in [-0.39, 0.29) is 11.1 Å². The number of ether oxygens (including phenoxy) is 1. The van der Waals surface area contributed by atoms with Gasteiger partial charge in [-0.15, -0.1) is 11.3 Å². The fourth-order valence-corrected chi connectivity index (χ4v) is 4.20. The smallest absolute Gasteiger partial charge is 0.348 e. The Hall–Kier alpha value is -2.37. The van der Waals surface area contributed by atoms with Gasteiger partial charge in [0.2, 0.25) is 0 Å². The molecule has 0 fully saturated rings. The van der Waals surface area contributed by atoms with E-state index in [9.17, 15) is 4.79 Å². The summed E-state index contributed by atoms with van der Waals surface area (Å²) in [7, 11) is 0. The Balaban J connectivity index is 1.54. The van der Waals surface area contributed by atoms with E-state index in [0.717, 1.165) is 17.5 Å². The standard InChI is InChI=1S/C23H21FO2S2/c24-22(28-16-8-7-15-26-23(25)20-14-9-17-27-20)21(18-10-3-1-4-11-18)19-12-5-2-6-13-19/h1-6,9-14,17H,7-8,15-16H2. The van der Waals surface area contributed by atoms with Crippen LogP contribution in [-0.4, -0.2) is 18.3 Å². The molecule has 3 rings (SSSR count). The van der Waals surface area contributed by atoms with Gasteiger partial charge in [0.25, 0.3) is 0 Å². The number of carbonyl (C=O) groups is 1. The van der Waals surface area contributed by atoms with Gasteiger partial charge in [-0.2, -0.15) is 4.39 Å².